The first-order valence-electron chi connectivity index (χ1n) is 8.51. The highest BCUT2D eigenvalue weighted by atomic mass is 35.5. The van der Waals surface area contributed by atoms with Crippen LogP contribution in [0.1, 0.15) is 30.1 Å². The summed E-state index contributed by atoms with van der Waals surface area (Å²) in [4.78, 5) is 4.13. The molecule has 3 aromatic heterocycles. The average molecular weight is 384 g/mol. The summed E-state index contributed by atoms with van der Waals surface area (Å²) in [5, 5.41) is 20.0. The van der Waals surface area contributed by atoms with Gasteiger partial charge in [0.15, 0.2) is 0 Å². The molecular weight excluding hydrogens is 366 g/mol. The summed E-state index contributed by atoms with van der Waals surface area (Å²) in [5.41, 5.74) is 3.47. The van der Waals surface area contributed by atoms with Gasteiger partial charge in [-0.2, -0.15) is 0 Å². The first-order chi connectivity index (χ1) is 13.1. The molecule has 4 aromatic rings. The first-order valence-corrected chi connectivity index (χ1v) is 8.89. The van der Waals surface area contributed by atoms with Crippen molar-refractivity contribution in [3.05, 3.63) is 71.0 Å². The molecule has 0 spiro atoms. The van der Waals surface area contributed by atoms with Crippen LogP contribution in [0.2, 0.25) is 5.02 Å². The fraction of sp³-hybridized carbons (Fsp3) is 0.211. The van der Waals surface area contributed by atoms with Gasteiger partial charge < -0.3 is 9.84 Å². The second-order valence-corrected chi connectivity index (χ2v) is 6.45. The molecule has 1 atom stereocenters. The second kappa shape index (κ2) is 7.02. The minimum Gasteiger partial charge on any atom is -0.497 e. The number of rotatable bonds is 5. The molecule has 0 aliphatic carbocycles. The van der Waals surface area contributed by atoms with Gasteiger partial charge >= 0.3 is 0 Å². The Hall–Kier alpha value is -2.90. The molecule has 0 amide bonds. The van der Waals surface area contributed by atoms with Crippen molar-refractivity contribution in [3.63, 3.8) is 0 Å². The molecule has 138 valence electrons. The highest BCUT2D eigenvalue weighted by Gasteiger charge is 2.25. The van der Waals surface area contributed by atoms with Crippen LogP contribution in [0.25, 0.3) is 11.2 Å². The quantitative estimate of drug-likeness (QED) is 0.572. The molecule has 0 unspecified atom stereocenters. The summed E-state index contributed by atoms with van der Waals surface area (Å²) >= 11 is 6.38. The van der Waals surface area contributed by atoms with E-state index in [-0.39, 0.29) is 0 Å². The first kappa shape index (κ1) is 17.5. The molecule has 1 N–H and O–H groups in total. The van der Waals surface area contributed by atoms with Crippen LogP contribution in [0.5, 0.6) is 5.75 Å². The van der Waals surface area contributed by atoms with Gasteiger partial charge in [-0.3, -0.25) is 4.40 Å². The third-order valence-electron chi connectivity index (χ3n) is 4.53. The van der Waals surface area contributed by atoms with Gasteiger partial charge in [0.2, 0.25) is 0 Å². The maximum atomic E-state index is 11.1. The molecule has 1 aromatic carbocycles. The zero-order valence-electron chi connectivity index (χ0n) is 14.9. The normalized spacial score (nSPS) is 12.4. The fourth-order valence-electron chi connectivity index (χ4n) is 3.17. The molecule has 0 aliphatic heterocycles. The summed E-state index contributed by atoms with van der Waals surface area (Å²) in [6.45, 7) is 1.99. The van der Waals surface area contributed by atoms with Crippen molar-refractivity contribution in [2.45, 2.75) is 19.4 Å². The van der Waals surface area contributed by atoms with Crippen LogP contribution in [0.3, 0.4) is 0 Å². The number of methoxy groups -OCH3 is 1. The van der Waals surface area contributed by atoms with Crippen LogP contribution < -0.4 is 4.74 Å². The van der Waals surface area contributed by atoms with E-state index >= 15 is 0 Å². The lowest BCUT2D eigenvalue weighted by atomic mass is 10.1. The van der Waals surface area contributed by atoms with Gasteiger partial charge in [-0.15, -0.1) is 5.10 Å². The van der Waals surface area contributed by atoms with Crippen molar-refractivity contribution in [3.8, 4) is 11.4 Å². The monoisotopic (exact) mass is 383 g/mol. The predicted octanol–water partition coefficient (Wildman–Crippen LogP) is 3.22. The third-order valence-corrected chi connectivity index (χ3v) is 4.85. The Bertz CT molecular complexity index is 1090. The van der Waals surface area contributed by atoms with E-state index in [1.54, 1.807) is 34.8 Å². The van der Waals surface area contributed by atoms with E-state index in [1.807, 2.05) is 37.3 Å². The SMILES string of the molecule is CCc1c([C@H](O)c2c(Cl)ccc3cncn23)nnn1-c1ccc(OC)cc1. The number of aromatic nitrogens is 5. The van der Waals surface area contributed by atoms with Crippen molar-refractivity contribution in [2.24, 2.45) is 0 Å². The molecule has 0 saturated carbocycles. The number of halogens is 1. The average Bonchev–Trinajstić information content (AvgIpc) is 3.34. The van der Waals surface area contributed by atoms with Crippen molar-refractivity contribution in [1.82, 2.24) is 24.4 Å². The van der Waals surface area contributed by atoms with Crippen LogP contribution in [-0.2, 0) is 6.42 Å². The molecule has 0 saturated heterocycles. The lowest BCUT2D eigenvalue weighted by Gasteiger charge is -2.15. The van der Waals surface area contributed by atoms with Gasteiger partial charge in [-0.25, -0.2) is 9.67 Å². The maximum Gasteiger partial charge on any atom is 0.141 e. The number of nitrogens with zero attached hydrogens (tertiary/aromatic N) is 5. The van der Waals surface area contributed by atoms with Crippen LogP contribution in [0, 0.1) is 0 Å². The van der Waals surface area contributed by atoms with E-state index in [4.69, 9.17) is 16.3 Å². The van der Waals surface area contributed by atoms with Gasteiger partial charge in [0.25, 0.3) is 0 Å². The van der Waals surface area contributed by atoms with Crippen LogP contribution in [-0.4, -0.2) is 36.6 Å². The topological polar surface area (TPSA) is 77.5 Å². The Morgan fingerprint density at radius 1 is 1.19 bits per heavy atom. The number of ether oxygens (including phenoxy) is 1. The Morgan fingerprint density at radius 2 is 1.96 bits per heavy atom. The highest BCUT2D eigenvalue weighted by Crippen LogP contribution is 2.31. The number of aliphatic hydroxyl groups is 1. The summed E-state index contributed by atoms with van der Waals surface area (Å²) in [6.07, 6.45) is 2.95. The van der Waals surface area contributed by atoms with Crippen LogP contribution >= 0.6 is 11.6 Å². The molecule has 4 rings (SSSR count). The number of imidazole rings is 1. The fourth-order valence-corrected chi connectivity index (χ4v) is 3.43. The van der Waals surface area contributed by atoms with E-state index in [2.05, 4.69) is 15.3 Å². The minimum absolute atomic E-state index is 0.439. The highest BCUT2D eigenvalue weighted by molar-refractivity contribution is 6.31. The third kappa shape index (κ3) is 2.94. The number of benzene rings is 1. The van der Waals surface area contributed by atoms with E-state index in [0.717, 1.165) is 22.6 Å². The Kier molecular flexibility index (Phi) is 4.55. The summed E-state index contributed by atoms with van der Waals surface area (Å²) in [5.74, 6) is 0.760. The number of hydrogen-bond donors (Lipinski definition) is 1. The second-order valence-electron chi connectivity index (χ2n) is 6.04. The van der Waals surface area contributed by atoms with E-state index in [0.29, 0.717) is 22.8 Å². The van der Waals surface area contributed by atoms with E-state index in [9.17, 15) is 5.11 Å². The zero-order valence-corrected chi connectivity index (χ0v) is 15.6. The number of pyridine rings is 1. The van der Waals surface area contributed by atoms with Crippen molar-refractivity contribution < 1.29 is 9.84 Å². The van der Waals surface area contributed by atoms with E-state index in [1.165, 1.54) is 0 Å². The standard InChI is InChI=1S/C19H18ClN5O2/c1-3-16-17(22-23-25(16)12-4-7-14(27-2)8-5-12)19(26)18-15(20)9-6-13-10-21-11-24(13)18/h4-11,19,26H,3H2,1-2H3/t19-/m0/s1. The van der Waals surface area contributed by atoms with Crippen molar-refractivity contribution in [1.29, 1.82) is 0 Å². The molecule has 7 nitrogen and oxygen atoms in total. The lowest BCUT2D eigenvalue weighted by molar-refractivity contribution is 0.208. The molecule has 27 heavy (non-hydrogen) atoms. The van der Waals surface area contributed by atoms with Crippen molar-refractivity contribution in [2.75, 3.05) is 7.11 Å². The van der Waals surface area contributed by atoms with Crippen LogP contribution in [0.4, 0.5) is 0 Å². The smallest absolute Gasteiger partial charge is 0.141 e. The summed E-state index contributed by atoms with van der Waals surface area (Å²) in [7, 11) is 1.62. The van der Waals surface area contributed by atoms with Crippen LogP contribution in [0.15, 0.2) is 48.9 Å². The van der Waals surface area contributed by atoms with Gasteiger partial charge in [0.05, 0.1) is 47.2 Å². The molecule has 0 radical (unpaired) electrons. The number of fused-ring (bicyclic) bond motifs is 1. The molecule has 3 heterocycles. The minimum atomic E-state index is -1.03. The Balaban J connectivity index is 1.81. The molecule has 0 aliphatic rings. The molecule has 0 bridgehead atoms. The van der Waals surface area contributed by atoms with Crippen molar-refractivity contribution >= 4 is 17.1 Å². The zero-order chi connectivity index (χ0) is 19.0. The number of hydrogen-bond acceptors (Lipinski definition) is 5. The molecule has 8 heteroatoms. The Labute approximate surface area is 160 Å². The van der Waals surface area contributed by atoms with Gasteiger partial charge in [-0.1, -0.05) is 23.7 Å². The Morgan fingerprint density at radius 3 is 2.67 bits per heavy atom. The maximum absolute atomic E-state index is 11.1. The lowest BCUT2D eigenvalue weighted by Crippen LogP contribution is -2.10. The van der Waals surface area contributed by atoms with Gasteiger partial charge in [0.1, 0.15) is 17.5 Å². The summed E-state index contributed by atoms with van der Waals surface area (Å²) in [6, 6.07) is 11.1. The molecule has 0 fully saturated rings. The predicted molar refractivity (Wildman–Crippen MR) is 102 cm³/mol. The van der Waals surface area contributed by atoms with E-state index < -0.39 is 6.10 Å². The van der Waals surface area contributed by atoms with Gasteiger partial charge in [-0.05, 0) is 42.8 Å². The number of aliphatic hydroxyl groups excluding tert-OH is 1. The van der Waals surface area contributed by atoms with Gasteiger partial charge in [0, 0.05) is 0 Å². The largest absolute Gasteiger partial charge is 0.497 e. The molecular formula is C19H18ClN5O2. The summed E-state index contributed by atoms with van der Waals surface area (Å²) < 4.78 is 8.69.